The molecule has 0 fully saturated rings. The summed E-state index contributed by atoms with van der Waals surface area (Å²) in [6, 6.07) is 6.37. The number of rotatable bonds is 2. The molecular weight excluding hydrogens is 228 g/mol. The molecule has 0 amide bonds. The van der Waals surface area contributed by atoms with Gasteiger partial charge in [-0.2, -0.15) is 0 Å². The van der Waals surface area contributed by atoms with Gasteiger partial charge in [-0.25, -0.2) is 0 Å². The van der Waals surface area contributed by atoms with Crippen LogP contribution in [0.2, 0.25) is 0 Å². The van der Waals surface area contributed by atoms with Gasteiger partial charge in [0.05, 0.1) is 0 Å². The van der Waals surface area contributed by atoms with Crippen LogP contribution in [0.4, 0.5) is 0 Å². The van der Waals surface area contributed by atoms with E-state index in [9.17, 15) is 0 Å². The van der Waals surface area contributed by atoms with Crippen LogP contribution >= 0.6 is 15.9 Å². The normalized spacial score (nSPS) is 10.9. The van der Waals surface area contributed by atoms with E-state index in [0.29, 0.717) is 6.54 Å². The number of hydrogen-bond acceptors (Lipinski definition) is 1. The summed E-state index contributed by atoms with van der Waals surface area (Å²) >= 11 is 3.49. The van der Waals surface area contributed by atoms with Gasteiger partial charge in [0, 0.05) is 21.6 Å². The minimum Gasteiger partial charge on any atom is -0.360 e. The summed E-state index contributed by atoms with van der Waals surface area (Å²) in [6.45, 7) is 0.702. The van der Waals surface area contributed by atoms with Gasteiger partial charge in [-0.1, -0.05) is 6.07 Å². The Morgan fingerprint density at radius 3 is 3.00 bits per heavy atom. The number of halogens is 1. The van der Waals surface area contributed by atoms with E-state index in [1.807, 2.05) is 6.20 Å². The van der Waals surface area contributed by atoms with Gasteiger partial charge in [0.2, 0.25) is 0 Å². The van der Waals surface area contributed by atoms with Crippen molar-refractivity contribution in [1.29, 1.82) is 0 Å². The molecule has 0 saturated carbocycles. The first kappa shape index (κ1) is 8.78. The van der Waals surface area contributed by atoms with E-state index in [-0.39, 0.29) is 0 Å². The molecule has 1 aromatic heterocycles. The Kier molecular flexibility index (Phi) is 2.38. The minimum absolute atomic E-state index is 0.702. The maximum Gasteiger partial charge on any atom is 0.0465 e. The van der Waals surface area contributed by atoms with Crippen molar-refractivity contribution >= 4 is 26.8 Å². The van der Waals surface area contributed by atoms with Crippen molar-refractivity contribution in [3.8, 4) is 0 Å². The molecule has 3 heteroatoms. The Balaban J connectivity index is 2.53. The van der Waals surface area contributed by atoms with Crippen LogP contribution in [0.3, 0.4) is 0 Å². The first-order valence-electron chi connectivity index (χ1n) is 4.27. The molecule has 2 nitrogen and oxygen atoms in total. The summed E-state index contributed by atoms with van der Waals surface area (Å²) in [5.41, 5.74) is 7.95. The van der Waals surface area contributed by atoms with Crippen molar-refractivity contribution in [2.24, 2.45) is 5.73 Å². The SMILES string of the molecule is NCCc1ccc2[nH]cc(Br)c2c1. The molecule has 0 aliphatic carbocycles. The second-order valence-electron chi connectivity index (χ2n) is 3.06. The van der Waals surface area contributed by atoms with Gasteiger partial charge in [0.1, 0.15) is 0 Å². The molecule has 2 aromatic rings. The fraction of sp³-hybridized carbons (Fsp3) is 0.200. The van der Waals surface area contributed by atoms with Crippen molar-refractivity contribution in [3.05, 3.63) is 34.4 Å². The number of hydrogen-bond donors (Lipinski definition) is 2. The largest absolute Gasteiger partial charge is 0.360 e. The van der Waals surface area contributed by atoms with Crippen molar-refractivity contribution < 1.29 is 0 Å². The third-order valence-electron chi connectivity index (χ3n) is 2.13. The Morgan fingerprint density at radius 2 is 2.23 bits per heavy atom. The maximum atomic E-state index is 5.50. The number of benzene rings is 1. The summed E-state index contributed by atoms with van der Waals surface area (Å²) in [6.07, 6.45) is 2.89. The first-order valence-corrected chi connectivity index (χ1v) is 5.06. The number of H-pyrrole nitrogens is 1. The third-order valence-corrected chi connectivity index (χ3v) is 2.78. The molecule has 0 spiro atoms. The highest BCUT2D eigenvalue weighted by Crippen LogP contribution is 2.24. The first-order chi connectivity index (χ1) is 6.31. The van der Waals surface area contributed by atoms with Gasteiger partial charge in [-0.15, -0.1) is 0 Å². The van der Waals surface area contributed by atoms with Crippen molar-refractivity contribution in [2.75, 3.05) is 6.54 Å². The van der Waals surface area contributed by atoms with E-state index < -0.39 is 0 Å². The molecule has 3 N–H and O–H groups in total. The van der Waals surface area contributed by atoms with Gasteiger partial charge in [0.15, 0.2) is 0 Å². The highest BCUT2D eigenvalue weighted by Gasteiger charge is 2.00. The molecular formula is C10H11BrN2. The molecule has 0 radical (unpaired) electrons. The van der Waals surface area contributed by atoms with Crippen LogP contribution in [-0.4, -0.2) is 11.5 Å². The molecule has 0 aliphatic rings. The number of fused-ring (bicyclic) bond motifs is 1. The maximum absolute atomic E-state index is 5.50. The van der Waals surface area contributed by atoms with Crippen molar-refractivity contribution in [1.82, 2.24) is 4.98 Å². The lowest BCUT2D eigenvalue weighted by Gasteiger charge is -1.98. The smallest absolute Gasteiger partial charge is 0.0465 e. The average molecular weight is 239 g/mol. The van der Waals surface area contributed by atoms with Crippen LogP contribution in [0, 0.1) is 0 Å². The minimum atomic E-state index is 0.702. The molecule has 0 atom stereocenters. The van der Waals surface area contributed by atoms with Crippen LogP contribution < -0.4 is 5.73 Å². The third kappa shape index (κ3) is 1.62. The van der Waals surface area contributed by atoms with Crippen LogP contribution in [0.25, 0.3) is 10.9 Å². The number of aromatic nitrogens is 1. The van der Waals surface area contributed by atoms with E-state index in [1.165, 1.54) is 10.9 Å². The fourth-order valence-corrected chi connectivity index (χ4v) is 1.90. The predicted octanol–water partition coefficient (Wildman–Crippen LogP) is 2.43. The highest BCUT2D eigenvalue weighted by molar-refractivity contribution is 9.10. The summed E-state index contributed by atoms with van der Waals surface area (Å²) < 4.78 is 1.11. The molecule has 68 valence electrons. The molecule has 0 saturated heterocycles. The summed E-state index contributed by atoms with van der Waals surface area (Å²) in [7, 11) is 0. The number of nitrogens with one attached hydrogen (secondary N) is 1. The number of aromatic amines is 1. The summed E-state index contributed by atoms with van der Waals surface area (Å²) in [5, 5.41) is 1.23. The molecule has 1 heterocycles. The lowest BCUT2D eigenvalue weighted by molar-refractivity contribution is 0.971. The topological polar surface area (TPSA) is 41.8 Å². The lowest BCUT2D eigenvalue weighted by Crippen LogP contribution is -2.02. The van der Waals surface area contributed by atoms with Crippen LogP contribution in [0.1, 0.15) is 5.56 Å². The molecule has 1 aromatic carbocycles. The monoisotopic (exact) mass is 238 g/mol. The molecule has 0 unspecified atom stereocenters. The lowest BCUT2D eigenvalue weighted by atomic mass is 10.1. The van der Waals surface area contributed by atoms with Gasteiger partial charge in [-0.3, -0.25) is 0 Å². The van der Waals surface area contributed by atoms with E-state index in [1.54, 1.807) is 0 Å². The van der Waals surface area contributed by atoms with E-state index in [2.05, 4.69) is 39.1 Å². The number of nitrogens with two attached hydrogens (primary N) is 1. The molecule has 2 rings (SSSR count). The summed E-state index contributed by atoms with van der Waals surface area (Å²) in [5.74, 6) is 0. The Morgan fingerprint density at radius 1 is 1.38 bits per heavy atom. The zero-order valence-corrected chi connectivity index (χ0v) is 8.76. The fourth-order valence-electron chi connectivity index (χ4n) is 1.46. The van der Waals surface area contributed by atoms with E-state index >= 15 is 0 Å². The quantitative estimate of drug-likeness (QED) is 0.830. The van der Waals surface area contributed by atoms with Gasteiger partial charge >= 0.3 is 0 Å². The molecule has 0 aliphatic heterocycles. The second-order valence-corrected chi connectivity index (χ2v) is 3.91. The second kappa shape index (κ2) is 3.52. The Labute approximate surface area is 85.3 Å². The highest BCUT2D eigenvalue weighted by atomic mass is 79.9. The average Bonchev–Trinajstić information content (AvgIpc) is 2.49. The Bertz CT molecular complexity index is 420. The van der Waals surface area contributed by atoms with Crippen LogP contribution in [0.5, 0.6) is 0 Å². The van der Waals surface area contributed by atoms with Gasteiger partial charge in [-0.05, 0) is 46.6 Å². The zero-order valence-electron chi connectivity index (χ0n) is 7.18. The standard InChI is InChI=1S/C10H11BrN2/c11-9-6-13-10-2-1-7(3-4-12)5-8(9)10/h1-2,5-6,13H,3-4,12H2. The van der Waals surface area contributed by atoms with Crippen LogP contribution in [0.15, 0.2) is 28.9 Å². The van der Waals surface area contributed by atoms with E-state index in [0.717, 1.165) is 16.4 Å². The van der Waals surface area contributed by atoms with Gasteiger partial charge in [0.25, 0.3) is 0 Å². The molecule has 13 heavy (non-hydrogen) atoms. The van der Waals surface area contributed by atoms with Crippen molar-refractivity contribution in [3.63, 3.8) is 0 Å². The predicted molar refractivity (Wildman–Crippen MR) is 58.8 cm³/mol. The zero-order chi connectivity index (χ0) is 9.26. The molecule has 0 bridgehead atoms. The van der Waals surface area contributed by atoms with Crippen molar-refractivity contribution in [2.45, 2.75) is 6.42 Å². The van der Waals surface area contributed by atoms with Gasteiger partial charge < -0.3 is 10.7 Å². The Hall–Kier alpha value is -0.800. The van der Waals surface area contributed by atoms with E-state index in [4.69, 9.17) is 5.73 Å². The van der Waals surface area contributed by atoms with Crippen LogP contribution in [-0.2, 0) is 6.42 Å². The summed E-state index contributed by atoms with van der Waals surface area (Å²) in [4.78, 5) is 3.18.